The molecule has 0 saturated heterocycles. The van der Waals surface area contributed by atoms with Crippen LogP contribution in [0, 0.1) is 17.8 Å². The summed E-state index contributed by atoms with van der Waals surface area (Å²) >= 11 is 0. The van der Waals surface area contributed by atoms with Crippen molar-refractivity contribution in [1.82, 2.24) is 0 Å². The molecule has 0 aromatic heterocycles. The number of rotatable bonds is 65. The molecule has 0 saturated carbocycles. The van der Waals surface area contributed by atoms with Crippen molar-refractivity contribution in [3.63, 3.8) is 0 Å². The molecule has 19 heteroatoms. The summed E-state index contributed by atoms with van der Waals surface area (Å²) in [5.74, 6) is 0.0949. The molecule has 0 amide bonds. The zero-order valence-electron chi connectivity index (χ0n) is 55.8. The van der Waals surface area contributed by atoms with E-state index in [1.54, 1.807) is 0 Å². The summed E-state index contributed by atoms with van der Waals surface area (Å²) in [6.07, 6.45) is 40.3. The van der Waals surface area contributed by atoms with Crippen LogP contribution >= 0.6 is 15.6 Å². The number of ether oxygens (including phenoxy) is 4. The van der Waals surface area contributed by atoms with Gasteiger partial charge in [0, 0.05) is 25.7 Å². The first-order chi connectivity index (χ1) is 41.3. The highest BCUT2D eigenvalue weighted by molar-refractivity contribution is 7.47. The Bertz CT molecular complexity index is 1700. The smallest absolute Gasteiger partial charge is 0.462 e. The third-order valence-electron chi connectivity index (χ3n) is 16.5. The normalized spacial score (nSPS) is 15.2. The number of carbonyl (C=O) groups is 4. The molecule has 17 nitrogen and oxygen atoms in total. The molecule has 86 heavy (non-hydrogen) atoms. The van der Waals surface area contributed by atoms with Gasteiger partial charge in [-0.3, -0.25) is 37.3 Å². The van der Waals surface area contributed by atoms with Gasteiger partial charge in [-0.1, -0.05) is 280 Å². The maximum atomic E-state index is 13.0. The predicted octanol–water partition coefficient (Wildman–Crippen LogP) is 18.7. The van der Waals surface area contributed by atoms with E-state index in [0.717, 1.165) is 114 Å². The van der Waals surface area contributed by atoms with Crippen LogP contribution in [-0.4, -0.2) is 96.7 Å². The maximum absolute atomic E-state index is 13.0. The van der Waals surface area contributed by atoms with E-state index in [4.69, 9.17) is 37.0 Å². The highest BCUT2D eigenvalue weighted by Gasteiger charge is 2.30. The van der Waals surface area contributed by atoms with Crippen LogP contribution < -0.4 is 0 Å². The quantitative estimate of drug-likeness (QED) is 0.0222. The molecule has 0 aliphatic rings. The Labute approximate surface area is 524 Å². The van der Waals surface area contributed by atoms with E-state index in [9.17, 15) is 43.2 Å². The van der Waals surface area contributed by atoms with E-state index in [-0.39, 0.29) is 25.7 Å². The Balaban J connectivity index is 5.27. The molecular formula is C67H130O17P2. The molecule has 0 aromatic carbocycles. The van der Waals surface area contributed by atoms with Crippen LogP contribution in [0.25, 0.3) is 0 Å². The first-order valence-electron chi connectivity index (χ1n) is 35.0. The second-order valence-corrected chi connectivity index (χ2v) is 27.8. The van der Waals surface area contributed by atoms with Gasteiger partial charge in [0.15, 0.2) is 12.2 Å². The Morgan fingerprint density at radius 2 is 0.558 bits per heavy atom. The number of unbranched alkanes of at least 4 members (excludes halogenated alkanes) is 30. The third-order valence-corrected chi connectivity index (χ3v) is 18.4. The van der Waals surface area contributed by atoms with Crippen molar-refractivity contribution in [1.29, 1.82) is 0 Å². The minimum atomic E-state index is -4.95. The van der Waals surface area contributed by atoms with E-state index >= 15 is 0 Å². The second kappa shape index (κ2) is 58.2. The van der Waals surface area contributed by atoms with Gasteiger partial charge in [-0.15, -0.1) is 0 Å². The number of aliphatic hydroxyl groups is 1. The van der Waals surface area contributed by atoms with Crippen LogP contribution in [-0.2, 0) is 65.4 Å². The molecule has 3 N–H and O–H groups in total. The van der Waals surface area contributed by atoms with Crippen LogP contribution in [0.1, 0.15) is 331 Å². The zero-order chi connectivity index (χ0) is 63.8. The Morgan fingerprint density at radius 1 is 0.326 bits per heavy atom. The standard InChI is InChI=1S/C67H130O17P2/c1-8-12-13-14-15-16-17-18-19-20-21-26-36-43-50-66(71)83-62(54-77-64(69)48-41-34-25-23-22-24-31-38-45-58(5)9-2)56-81-85(73,74)79-52-61(68)53-80-86(75,76)82-57-63(84-67(72)51-44-37-30-28-33-40-47-60(7)11-4)55-78-65(70)49-42-35-29-27-32-39-46-59(6)10-3/h58-63,68H,8-57H2,1-7H3,(H,73,74)(H,75,76)/t58?,59?,60?,61-,62-,63-/m1/s1. The fraction of sp³-hybridized carbons (Fsp3) is 0.940. The van der Waals surface area contributed by atoms with E-state index in [2.05, 4.69) is 48.5 Å². The molecule has 0 fully saturated rings. The zero-order valence-corrected chi connectivity index (χ0v) is 57.6. The maximum Gasteiger partial charge on any atom is 0.472 e. The van der Waals surface area contributed by atoms with Gasteiger partial charge in [-0.25, -0.2) is 9.13 Å². The molecule has 0 aliphatic carbocycles. The van der Waals surface area contributed by atoms with Crippen molar-refractivity contribution in [2.75, 3.05) is 39.6 Å². The Kier molecular flexibility index (Phi) is 56.9. The summed E-state index contributed by atoms with van der Waals surface area (Å²) in [6.45, 7) is 11.7. The summed E-state index contributed by atoms with van der Waals surface area (Å²) in [7, 11) is -9.90. The van der Waals surface area contributed by atoms with Gasteiger partial charge in [-0.05, 0) is 43.4 Å². The highest BCUT2D eigenvalue weighted by atomic mass is 31.2. The number of hydrogen-bond donors (Lipinski definition) is 3. The summed E-state index contributed by atoms with van der Waals surface area (Å²) in [6, 6.07) is 0. The van der Waals surface area contributed by atoms with Gasteiger partial charge in [0.1, 0.15) is 19.3 Å². The van der Waals surface area contributed by atoms with Crippen LogP contribution in [0.4, 0.5) is 0 Å². The summed E-state index contributed by atoms with van der Waals surface area (Å²) in [4.78, 5) is 72.4. The van der Waals surface area contributed by atoms with Crippen molar-refractivity contribution in [3.05, 3.63) is 0 Å². The van der Waals surface area contributed by atoms with Gasteiger partial charge in [0.05, 0.1) is 26.4 Å². The Morgan fingerprint density at radius 3 is 0.826 bits per heavy atom. The van der Waals surface area contributed by atoms with Gasteiger partial charge in [-0.2, -0.15) is 0 Å². The number of phosphoric acid groups is 2. The average Bonchev–Trinajstić information content (AvgIpc) is 3.70. The average molecular weight is 1270 g/mol. The second-order valence-electron chi connectivity index (χ2n) is 24.9. The molecule has 0 radical (unpaired) electrons. The minimum absolute atomic E-state index is 0.102. The van der Waals surface area contributed by atoms with Crippen molar-refractivity contribution >= 4 is 39.5 Å². The SMILES string of the molecule is CCCCCCCCCCCCCCCCC(=O)O[C@H](COC(=O)CCCCCCCCCCC(C)CC)COP(=O)(O)OC[C@@H](O)COP(=O)(O)OC[C@@H](COC(=O)CCCCCCCCC(C)CC)OC(=O)CCCCCCCCC(C)CC. The lowest BCUT2D eigenvalue weighted by Gasteiger charge is -2.21. The van der Waals surface area contributed by atoms with Crippen LogP contribution in [0.5, 0.6) is 0 Å². The monoisotopic (exact) mass is 1270 g/mol. The molecular weight excluding hydrogens is 1140 g/mol. The van der Waals surface area contributed by atoms with Gasteiger partial charge < -0.3 is 33.8 Å². The van der Waals surface area contributed by atoms with Gasteiger partial charge in [0.25, 0.3) is 0 Å². The number of phosphoric ester groups is 2. The predicted molar refractivity (Wildman–Crippen MR) is 344 cm³/mol. The number of esters is 4. The van der Waals surface area contributed by atoms with E-state index < -0.39 is 97.5 Å². The number of hydrogen-bond acceptors (Lipinski definition) is 15. The van der Waals surface area contributed by atoms with Crippen molar-refractivity contribution in [2.45, 2.75) is 349 Å². The molecule has 0 rings (SSSR count). The first-order valence-corrected chi connectivity index (χ1v) is 38.0. The first kappa shape index (κ1) is 84.1. The topological polar surface area (TPSA) is 237 Å². The van der Waals surface area contributed by atoms with Crippen LogP contribution in [0.15, 0.2) is 0 Å². The number of carbonyl (C=O) groups excluding carboxylic acids is 4. The highest BCUT2D eigenvalue weighted by Crippen LogP contribution is 2.45. The van der Waals surface area contributed by atoms with Crippen molar-refractivity contribution in [2.24, 2.45) is 17.8 Å². The number of aliphatic hydroxyl groups excluding tert-OH is 1. The molecule has 5 unspecified atom stereocenters. The van der Waals surface area contributed by atoms with Gasteiger partial charge >= 0.3 is 39.5 Å². The molecule has 0 heterocycles. The largest absolute Gasteiger partial charge is 0.472 e. The molecule has 0 aliphatic heterocycles. The van der Waals surface area contributed by atoms with E-state index in [0.29, 0.717) is 25.7 Å². The minimum Gasteiger partial charge on any atom is -0.462 e. The lowest BCUT2D eigenvalue weighted by molar-refractivity contribution is -0.161. The lowest BCUT2D eigenvalue weighted by atomic mass is 9.99. The van der Waals surface area contributed by atoms with Crippen LogP contribution in [0.2, 0.25) is 0 Å². The Hall–Kier alpha value is -1.94. The van der Waals surface area contributed by atoms with Gasteiger partial charge in [0.2, 0.25) is 0 Å². The fourth-order valence-corrected chi connectivity index (χ4v) is 11.5. The molecule has 8 atom stereocenters. The third kappa shape index (κ3) is 57.2. The molecule has 0 aromatic rings. The lowest BCUT2D eigenvalue weighted by Crippen LogP contribution is -2.30. The molecule has 0 spiro atoms. The summed E-state index contributed by atoms with van der Waals surface area (Å²) in [5, 5.41) is 10.6. The van der Waals surface area contributed by atoms with Crippen molar-refractivity contribution < 1.29 is 80.2 Å². The van der Waals surface area contributed by atoms with Crippen molar-refractivity contribution in [3.8, 4) is 0 Å². The molecule has 0 bridgehead atoms. The van der Waals surface area contributed by atoms with Crippen LogP contribution in [0.3, 0.4) is 0 Å². The van der Waals surface area contributed by atoms with E-state index in [1.807, 2.05) is 0 Å². The summed E-state index contributed by atoms with van der Waals surface area (Å²) < 4.78 is 68.1. The molecule has 510 valence electrons. The fourth-order valence-electron chi connectivity index (χ4n) is 9.91. The van der Waals surface area contributed by atoms with E-state index in [1.165, 1.54) is 135 Å². The summed E-state index contributed by atoms with van der Waals surface area (Å²) in [5.41, 5.74) is 0.